The maximum absolute atomic E-state index is 12.3. The molecular weight excluding hydrogens is 338 g/mol. The molecule has 0 radical (unpaired) electrons. The monoisotopic (exact) mass is 365 g/mol. The zero-order valence-corrected chi connectivity index (χ0v) is 16.0. The van der Waals surface area contributed by atoms with Crippen molar-refractivity contribution in [1.29, 1.82) is 0 Å². The molecule has 0 bridgehead atoms. The van der Waals surface area contributed by atoms with Crippen LogP contribution in [0.4, 0.5) is 0 Å². The second-order valence-electron chi connectivity index (χ2n) is 7.36. The molecule has 0 atom stereocenters. The van der Waals surface area contributed by atoms with E-state index >= 15 is 0 Å². The highest BCUT2D eigenvalue weighted by atomic mass is 32.1. The molecule has 7 heteroatoms. The highest BCUT2D eigenvalue weighted by Crippen LogP contribution is 2.13. The van der Waals surface area contributed by atoms with Crippen molar-refractivity contribution in [1.82, 2.24) is 15.1 Å². The van der Waals surface area contributed by atoms with Gasteiger partial charge in [0.2, 0.25) is 11.8 Å². The molecule has 1 fully saturated rings. The van der Waals surface area contributed by atoms with Gasteiger partial charge in [0.05, 0.1) is 11.4 Å². The molecule has 1 aliphatic heterocycles. The maximum atomic E-state index is 12.3. The van der Waals surface area contributed by atoms with E-state index in [9.17, 15) is 14.4 Å². The normalized spacial score (nSPS) is 15.9. The molecule has 2 rings (SSSR count). The Balaban J connectivity index is 1.69. The van der Waals surface area contributed by atoms with E-state index in [1.165, 1.54) is 11.3 Å². The summed E-state index contributed by atoms with van der Waals surface area (Å²) < 4.78 is 0. The predicted molar refractivity (Wildman–Crippen MR) is 98.8 cm³/mol. The van der Waals surface area contributed by atoms with Gasteiger partial charge in [-0.3, -0.25) is 19.3 Å². The second-order valence-corrected chi connectivity index (χ2v) is 8.30. The minimum absolute atomic E-state index is 0.00817. The van der Waals surface area contributed by atoms with E-state index in [1.807, 2.05) is 32.2 Å². The summed E-state index contributed by atoms with van der Waals surface area (Å²) in [6, 6.07) is 3.63. The standard InChI is InChI=1S/C18H27N3O3S/c1-18(2,3)19-16(23)13-20-8-10-21(11-9-20)17(24)7-6-14(22)15-5-4-12-25-15/h4-5,12H,6-11,13H2,1-3H3,(H,19,23). The van der Waals surface area contributed by atoms with E-state index in [1.54, 1.807) is 11.0 Å². The van der Waals surface area contributed by atoms with Gasteiger partial charge in [0.1, 0.15) is 0 Å². The van der Waals surface area contributed by atoms with Crippen LogP contribution in [-0.4, -0.2) is 65.7 Å². The van der Waals surface area contributed by atoms with Crippen LogP contribution < -0.4 is 5.32 Å². The van der Waals surface area contributed by atoms with Crippen molar-refractivity contribution in [3.8, 4) is 0 Å². The van der Waals surface area contributed by atoms with Gasteiger partial charge < -0.3 is 10.2 Å². The Labute approximate surface area is 153 Å². The number of rotatable bonds is 6. The lowest BCUT2D eigenvalue weighted by molar-refractivity contribution is -0.133. The van der Waals surface area contributed by atoms with Crippen LogP contribution >= 0.6 is 11.3 Å². The number of nitrogens with zero attached hydrogens (tertiary/aromatic N) is 2. The van der Waals surface area contributed by atoms with Crippen LogP contribution in [0.5, 0.6) is 0 Å². The number of hydrogen-bond donors (Lipinski definition) is 1. The van der Waals surface area contributed by atoms with E-state index in [0.717, 1.165) is 0 Å². The summed E-state index contributed by atoms with van der Waals surface area (Å²) in [5, 5.41) is 4.81. The molecule has 1 aliphatic rings. The third kappa shape index (κ3) is 6.59. The molecule has 0 saturated carbocycles. The zero-order valence-electron chi connectivity index (χ0n) is 15.2. The summed E-state index contributed by atoms with van der Waals surface area (Å²) >= 11 is 1.41. The molecule has 25 heavy (non-hydrogen) atoms. The van der Waals surface area contributed by atoms with Gasteiger partial charge in [-0.05, 0) is 32.2 Å². The van der Waals surface area contributed by atoms with Crippen molar-refractivity contribution < 1.29 is 14.4 Å². The average Bonchev–Trinajstić information content (AvgIpc) is 3.05. The van der Waals surface area contributed by atoms with Crippen LogP contribution in [0.15, 0.2) is 17.5 Å². The molecule has 1 aromatic rings. The fourth-order valence-electron chi connectivity index (χ4n) is 2.76. The summed E-state index contributed by atoms with van der Waals surface area (Å²) in [5.41, 5.74) is -0.232. The number of carbonyl (C=O) groups is 3. The van der Waals surface area contributed by atoms with Gasteiger partial charge in [-0.2, -0.15) is 0 Å². The first-order valence-corrected chi connectivity index (χ1v) is 9.50. The van der Waals surface area contributed by atoms with Crippen LogP contribution in [-0.2, 0) is 9.59 Å². The number of nitrogens with one attached hydrogen (secondary N) is 1. The largest absolute Gasteiger partial charge is 0.350 e. The molecular formula is C18H27N3O3S. The number of piperazine rings is 1. The lowest BCUT2D eigenvalue weighted by atomic mass is 10.1. The highest BCUT2D eigenvalue weighted by Gasteiger charge is 2.24. The van der Waals surface area contributed by atoms with Crippen LogP contribution in [0.2, 0.25) is 0 Å². The Morgan fingerprint density at radius 2 is 1.80 bits per heavy atom. The minimum atomic E-state index is -0.232. The Hall–Kier alpha value is -1.73. The topological polar surface area (TPSA) is 69.7 Å². The van der Waals surface area contributed by atoms with Gasteiger partial charge in [0.25, 0.3) is 0 Å². The zero-order chi connectivity index (χ0) is 18.4. The van der Waals surface area contributed by atoms with E-state index in [2.05, 4.69) is 10.2 Å². The van der Waals surface area contributed by atoms with Crippen molar-refractivity contribution >= 4 is 28.9 Å². The second kappa shape index (κ2) is 8.58. The molecule has 6 nitrogen and oxygen atoms in total. The molecule has 1 aromatic heterocycles. The van der Waals surface area contributed by atoms with Gasteiger partial charge in [-0.15, -0.1) is 11.3 Å². The number of Topliss-reactive ketones (excluding diaryl/α,β-unsaturated/α-hetero) is 1. The number of amides is 2. The fourth-order valence-corrected chi connectivity index (χ4v) is 3.45. The Bertz CT molecular complexity index is 600. The van der Waals surface area contributed by atoms with Crippen molar-refractivity contribution in [2.24, 2.45) is 0 Å². The molecule has 138 valence electrons. The summed E-state index contributed by atoms with van der Waals surface area (Å²) in [5.74, 6) is 0.0540. The smallest absolute Gasteiger partial charge is 0.234 e. The number of ketones is 1. The van der Waals surface area contributed by atoms with Gasteiger partial charge in [0.15, 0.2) is 5.78 Å². The molecule has 0 unspecified atom stereocenters. The van der Waals surface area contributed by atoms with E-state index in [0.29, 0.717) is 37.6 Å². The molecule has 1 N–H and O–H groups in total. The van der Waals surface area contributed by atoms with E-state index < -0.39 is 0 Å². The predicted octanol–water partition coefficient (Wildman–Crippen LogP) is 1.77. The van der Waals surface area contributed by atoms with Crippen molar-refractivity contribution in [3.63, 3.8) is 0 Å². The first kappa shape index (κ1) is 19.6. The van der Waals surface area contributed by atoms with Gasteiger partial charge in [0, 0.05) is 44.6 Å². The molecule has 2 heterocycles. The van der Waals surface area contributed by atoms with E-state index in [4.69, 9.17) is 0 Å². The molecule has 0 aromatic carbocycles. The molecule has 0 aliphatic carbocycles. The third-order valence-corrected chi connectivity index (χ3v) is 4.88. The average molecular weight is 365 g/mol. The number of thiophene rings is 1. The summed E-state index contributed by atoms with van der Waals surface area (Å²) in [6.07, 6.45) is 0.509. The van der Waals surface area contributed by atoms with E-state index in [-0.39, 0.29) is 36.0 Å². The van der Waals surface area contributed by atoms with Crippen LogP contribution in [0, 0.1) is 0 Å². The quantitative estimate of drug-likeness (QED) is 0.780. The SMILES string of the molecule is CC(C)(C)NC(=O)CN1CCN(C(=O)CCC(=O)c2cccs2)CC1. The van der Waals surface area contributed by atoms with Gasteiger partial charge in [-0.1, -0.05) is 6.07 Å². The minimum Gasteiger partial charge on any atom is -0.350 e. The summed E-state index contributed by atoms with van der Waals surface area (Å²) in [4.78, 5) is 40.8. The van der Waals surface area contributed by atoms with Crippen molar-refractivity contribution in [2.75, 3.05) is 32.7 Å². The van der Waals surface area contributed by atoms with Gasteiger partial charge in [-0.25, -0.2) is 0 Å². The van der Waals surface area contributed by atoms with Crippen LogP contribution in [0.3, 0.4) is 0 Å². The number of carbonyl (C=O) groups excluding carboxylic acids is 3. The first-order chi connectivity index (χ1) is 11.7. The highest BCUT2D eigenvalue weighted by molar-refractivity contribution is 7.12. The number of hydrogen-bond acceptors (Lipinski definition) is 5. The maximum Gasteiger partial charge on any atom is 0.234 e. The summed E-state index contributed by atoms with van der Waals surface area (Å²) in [7, 11) is 0. The summed E-state index contributed by atoms with van der Waals surface area (Å²) in [6.45, 7) is 8.81. The molecule has 2 amide bonds. The molecule has 1 saturated heterocycles. The fraction of sp³-hybridized carbons (Fsp3) is 0.611. The third-order valence-electron chi connectivity index (χ3n) is 3.97. The van der Waals surface area contributed by atoms with Crippen molar-refractivity contribution in [2.45, 2.75) is 39.2 Å². The lowest BCUT2D eigenvalue weighted by Crippen LogP contribution is -2.52. The Morgan fingerprint density at radius 1 is 1.12 bits per heavy atom. The molecule has 0 spiro atoms. The first-order valence-electron chi connectivity index (χ1n) is 8.62. The lowest BCUT2D eigenvalue weighted by Gasteiger charge is -2.35. The Morgan fingerprint density at radius 3 is 2.36 bits per heavy atom. The van der Waals surface area contributed by atoms with Crippen LogP contribution in [0.1, 0.15) is 43.3 Å². The van der Waals surface area contributed by atoms with Crippen molar-refractivity contribution in [3.05, 3.63) is 22.4 Å². The van der Waals surface area contributed by atoms with Gasteiger partial charge >= 0.3 is 0 Å². The Kier molecular flexibility index (Phi) is 6.72. The van der Waals surface area contributed by atoms with Crippen LogP contribution in [0.25, 0.3) is 0 Å².